The van der Waals surface area contributed by atoms with Crippen LogP contribution < -0.4 is 5.32 Å². The number of nitrogens with one attached hydrogen (secondary N) is 1. The number of benzene rings is 2. The van der Waals surface area contributed by atoms with E-state index in [1.54, 1.807) is 4.90 Å². The van der Waals surface area contributed by atoms with Crippen LogP contribution in [0.5, 0.6) is 0 Å². The summed E-state index contributed by atoms with van der Waals surface area (Å²) in [4.78, 5) is 28.4. The summed E-state index contributed by atoms with van der Waals surface area (Å²) >= 11 is 0. The molecule has 0 atom stereocenters. The lowest BCUT2D eigenvalue weighted by molar-refractivity contribution is -0.131. The topological polar surface area (TPSA) is 52.6 Å². The molecule has 2 aromatic carbocycles. The summed E-state index contributed by atoms with van der Waals surface area (Å²) in [5.74, 6) is -2.46. The maximum Gasteiger partial charge on any atom is 0.254 e. The highest BCUT2D eigenvalue weighted by molar-refractivity contribution is 5.94. The molecule has 2 amide bonds. The van der Waals surface area contributed by atoms with Crippen LogP contribution >= 0.6 is 0 Å². The summed E-state index contributed by atoms with van der Waals surface area (Å²) in [5.41, 5.74) is 0.773. The van der Waals surface area contributed by atoms with Crippen LogP contribution in [0.2, 0.25) is 0 Å². The fourth-order valence-corrected chi connectivity index (χ4v) is 2.63. The minimum atomic E-state index is -0.930. The summed E-state index contributed by atoms with van der Waals surface area (Å²) in [6.45, 7) is 1.82. The van der Waals surface area contributed by atoms with E-state index in [1.165, 1.54) is 0 Å². The molecule has 28 heavy (non-hydrogen) atoms. The highest BCUT2D eigenvalue weighted by atomic mass is 19.1. The molecular weight excluding hydrogens is 364 g/mol. The molecule has 0 aliphatic rings. The molecule has 0 spiro atoms. The Kier molecular flexibility index (Phi) is 8.07. The normalized spacial score (nSPS) is 10.8. The molecule has 0 heterocycles. The number of carbonyl (C=O) groups excluding carboxylic acids is 2. The second kappa shape index (κ2) is 10.5. The Balaban J connectivity index is 1.91. The Labute approximate surface area is 163 Å². The Bertz CT molecular complexity index is 797. The van der Waals surface area contributed by atoms with E-state index in [0.717, 1.165) is 17.7 Å². The van der Waals surface area contributed by atoms with Crippen LogP contribution in [0.15, 0.2) is 48.5 Å². The number of halogens is 2. The smallest absolute Gasteiger partial charge is 0.254 e. The number of likely N-dealkylation sites (N-methyl/N-ethyl adjacent to an activating group) is 1. The lowest BCUT2D eigenvalue weighted by Crippen LogP contribution is -2.38. The van der Waals surface area contributed by atoms with Gasteiger partial charge >= 0.3 is 0 Å². The molecule has 0 saturated heterocycles. The van der Waals surface area contributed by atoms with Crippen LogP contribution in [-0.4, -0.2) is 55.3 Å². The van der Waals surface area contributed by atoms with E-state index in [9.17, 15) is 18.4 Å². The average molecular weight is 389 g/mol. The average Bonchev–Trinajstić information content (AvgIpc) is 2.65. The van der Waals surface area contributed by atoms with Gasteiger partial charge in [-0.3, -0.25) is 9.59 Å². The van der Waals surface area contributed by atoms with E-state index in [-0.39, 0.29) is 24.4 Å². The molecule has 5 nitrogen and oxygen atoms in total. The number of carbonyl (C=O) groups is 2. The molecule has 0 saturated carbocycles. The molecule has 0 aliphatic carbocycles. The maximum absolute atomic E-state index is 13.7. The van der Waals surface area contributed by atoms with Crippen molar-refractivity contribution < 1.29 is 18.4 Å². The van der Waals surface area contributed by atoms with Gasteiger partial charge in [-0.15, -0.1) is 0 Å². The van der Waals surface area contributed by atoms with E-state index in [0.29, 0.717) is 25.7 Å². The Morgan fingerprint density at radius 3 is 2.36 bits per heavy atom. The van der Waals surface area contributed by atoms with Gasteiger partial charge in [0.05, 0.1) is 5.56 Å². The molecule has 1 N–H and O–H groups in total. The molecule has 7 heteroatoms. The molecule has 0 aliphatic heterocycles. The van der Waals surface area contributed by atoms with E-state index < -0.39 is 17.5 Å². The highest BCUT2D eigenvalue weighted by Crippen LogP contribution is 2.10. The summed E-state index contributed by atoms with van der Waals surface area (Å²) in [7, 11) is 3.87. The number of amides is 2. The number of nitrogens with zero attached hydrogens (tertiary/aromatic N) is 2. The van der Waals surface area contributed by atoms with Crippen molar-refractivity contribution in [2.45, 2.75) is 13.0 Å². The molecule has 0 aromatic heterocycles. The minimum absolute atomic E-state index is 0.0712. The van der Waals surface area contributed by atoms with Crippen LogP contribution in [0.3, 0.4) is 0 Å². The zero-order valence-corrected chi connectivity index (χ0v) is 16.1. The van der Waals surface area contributed by atoms with Crippen molar-refractivity contribution in [1.82, 2.24) is 15.1 Å². The zero-order chi connectivity index (χ0) is 20.5. The first-order chi connectivity index (χ1) is 13.4. The van der Waals surface area contributed by atoms with Crippen molar-refractivity contribution >= 4 is 11.8 Å². The first kappa shape index (κ1) is 21.5. The molecule has 0 fully saturated rings. The van der Waals surface area contributed by atoms with Crippen molar-refractivity contribution in [2.24, 2.45) is 0 Å². The Morgan fingerprint density at radius 2 is 1.71 bits per heavy atom. The van der Waals surface area contributed by atoms with Gasteiger partial charge < -0.3 is 15.1 Å². The molecule has 0 unspecified atom stereocenters. The largest absolute Gasteiger partial charge is 0.351 e. The molecular formula is C21H25F2N3O2. The predicted molar refractivity (Wildman–Crippen MR) is 104 cm³/mol. The molecule has 150 valence electrons. The van der Waals surface area contributed by atoms with Crippen LogP contribution in [-0.2, 0) is 11.3 Å². The Morgan fingerprint density at radius 1 is 1.00 bits per heavy atom. The van der Waals surface area contributed by atoms with E-state index in [1.807, 2.05) is 49.3 Å². The molecule has 2 rings (SSSR count). The second-order valence-corrected chi connectivity index (χ2v) is 6.73. The van der Waals surface area contributed by atoms with Crippen molar-refractivity contribution in [3.8, 4) is 0 Å². The fourth-order valence-electron chi connectivity index (χ4n) is 2.63. The third-order valence-electron chi connectivity index (χ3n) is 4.19. The van der Waals surface area contributed by atoms with E-state index in [2.05, 4.69) is 5.32 Å². The predicted octanol–water partition coefficient (Wildman–Crippen LogP) is 2.68. The minimum Gasteiger partial charge on any atom is -0.351 e. The van der Waals surface area contributed by atoms with E-state index >= 15 is 0 Å². The summed E-state index contributed by atoms with van der Waals surface area (Å²) in [6, 6.07) is 12.4. The molecule has 2 aromatic rings. The van der Waals surface area contributed by atoms with Gasteiger partial charge in [-0.25, -0.2) is 8.78 Å². The van der Waals surface area contributed by atoms with Gasteiger partial charge in [0, 0.05) is 38.7 Å². The van der Waals surface area contributed by atoms with E-state index in [4.69, 9.17) is 0 Å². The van der Waals surface area contributed by atoms with Gasteiger partial charge in [-0.1, -0.05) is 30.3 Å². The lowest BCUT2D eigenvalue weighted by atomic mass is 10.2. The van der Waals surface area contributed by atoms with Crippen LogP contribution in [0.1, 0.15) is 22.3 Å². The van der Waals surface area contributed by atoms with Crippen LogP contribution in [0.25, 0.3) is 0 Å². The SMILES string of the molecule is CN(C)CCN(Cc1ccccc1)C(=O)CCNC(=O)c1ccc(F)cc1F. The highest BCUT2D eigenvalue weighted by Gasteiger charge is 2.16. The summed E-state index contributed by atoms with van der Waals surface area (Å²) < 4.78 is 26.6. The van der Waals surface area contributed by atoms with Gasteiger partial charge in [0.25, 0.3) is 5.91 Å². The van der Waals surface area contributed by atoms with Gasteiger partial charge in [-0.2, -0.15) is 0 Å². The van der Waals surface area contributed by atoms with Crippen molar-refractivity contribution in [2.75, 3.05) is 33.7 Å². The van der Waals surface area contributed by atoms with Crippen LogP contribution in [0, 0.1) is 11.6 Å². The van der Waals surface area contributed by atoms with Crippen molar-refractivity contribution in [3.05, 3.63) is 71.3 Å². The second-order valence-electron chi connectivity index (χ2n) is 6.73. The van der Waals surface area contributed by atoms with Crippen molar-refractivity contribution in [3.63, 3.8) is 0 Å². The fraction of sp³-hybridized carbons (Fsp3) is 0.333. The number of hydrogen-bond acceptors (Lipinski definition) is 3. The third-order valence-corrected chi connectivity index (χ3v) is 4.19. The molecule has 0 bridgehead atoms. The standard InChI is InChI=1S/C21H25F2N3O2/c1-25(2)12-13-26(15-16-6-4-3-5-7-16)20(27)10-11-24-21(28)18-9-8-17(22)14-19(18)23/h3-9,14H,10-13,15H2,1-2H3,(H,24,28). The Hall–Kier alpha value is -2.80. The first-order valence-corrected chi connectivity index (χ1v) is 9.06. The molecule has 0 radical (unpaired) electrons. The summed E-state index contributed by atoms with van der Waals surface area (Å²) in [5, 5.41) is 2.51. The van der Waals surface area contributed by atoms with Gasteiger partial charge in [-0.05, 0) is 31.8 Å². The lowest BCUT2D eigenvalue weighted by Gasteiger charge is -2.25. The van der Waals surface area contributed by atoms with Gasteiger partial charge in [0.1, 0.15) is 11.6 Å². The third kappa shape index (κ3) is 6.74. The van der Waals surface area contributed by atoms with Crippen LogP contribution in [0.4, 0.5) is 8.78 Å². The summed E-state index contributed by atoms with van der Waals surface area (Å²) in [6.07, 6.45) is 0.0921. The number of rotatable bonds is 9. The zero-order valence-electron chi connectivity index (χ0n) is 16.1. The van der Waals surface area contributed by atoms with Gasteiger partial charge in [0.15, 0.2) is 0 Å². The first-order valence-electron chi connectivity index (χ1n) is 9.06. The number of hydrogen-bond donors (Lipinski definition) is 1. The quantitative estimate of drug-likeness (QED) is 0.718. The maximum atomic E-state index is 13.7. The monoisotopic (exact) mass is 389 g/mol. The van der Waals surface area contributed by atoms with Gasteiger partial charge in [0.2, 0.25) is 5.91 Å². The van der Waals surface area contributed by atoms with Crippen molar-refractivity contribution in [1.29, 1.82) is 0 Å².